The number of fused-ring (bicyclic) bond motifs is 1. The van der Waals surface area contributed by atoms with E-state index in [9.17, 15) is 8.78 Å². The summed E-state index contributed by atoms with van der Waals surface area (Å²) in [6.07, 6.45) is 4.71. The standard InChI is InChI=1S/C23H29F2N5O2/c1-4-26-23(27-12-11-18-15-30-13-7-8-16(3)21(30)29-18)28-14-17-9-6-10-19(31-5-2)20(17)32-22(24)25/h6-10,13,15,22H,4-5,11-12,14H2,1-3H3,(H2,26,27,28). The molecule has 32 heavy (non-hydrogen) atoms. The summed E-state index contributed by atoms with van der Waals surface area (Å²) in [4.78, 5) is 9.21. The van der Waals surface area contributed by atoms with Crippen LogP contribution in [0.25, 0.3) is 5.65 Å². The summed E-state index contributed by atoms with van der Waals surface area (Å²) in [5.74, 6) is 0.877. The van der Waals surface area contributed by atoms with E-state index in [4.69, 9.17) is 9.47 Å². The fourth-order valence-corrected chi connectivity index (χ4v) is 3.32. The van der Waals surface area contributed by atoms with Crippen LogP contribution in [0.3, 0.4) is 0 Å². The zero-order valence-electron chi connectivity index (χ0n) is 18.6. The first kappa shape index (κ1) is 23.3. The van der Waals surface area contributed by atoms with Crippen LogP contribution < -0.4 is 20.1 Å². The zero-order chi connectivity index (χ0) is 22.9. The van der Waals surface area contributed by atoms with Crippen molar-refractivity contribution in [2.75, 3.05) is 19.7 Å². The van der Waals surface area contributed by atoms with Crippen molar-refractivity contribution >= 4 is 11.6 Å². The second-order valence-electron chi connectivity index (χ2n) is 7.08. The monoisotopic (exact) mass is 445 g/mol. The number of nitrogens with zero attached hydrogens (tertiary/aromatic N) is 3. The van der Waals surface area contributed by atoms with Gasteiger partial charge in [-0.2, -0.15) is 8.78 Å². The third kappa shape index (κ3) is 6.09. The molecule has 0 bridgehead atoms. The third-order valence-corrected chi connectivity index (χ3v) is 4.72. The van der Waals surface area contributed by atoms with Gasteiger partial charge in [-0.15, -0.1) is 0 Å². The van der Waals surface area contributed by atoms with E-state index in [0.29, 0.717) is 37.6 Å². The Balaban J connectivity index is 1.68. The van der Waals surface area contributed by atoms with Crippen molar-refractivity contribution in [1.82, 2.24) is 20.0 Å². The second-order valence-corrected chi connectivity index (χ2v) is 7.08. The molecule has 172 valence electrons. The molecule has 0 unspecified atom stereocenters. The van der Waals surface area contributed by atoms with E-state index < -0.39 is 6.61 Å². The third-order valence-electron chi connectivity index (χ3n) is 4.72. The molecule has 7 nitrogen and oxygen atoms in total. The molecule has 3 rings (SSSR count). The Kier molecular flexibility index (Phi) is 8.24. The van der Waals surface area contributed by atoms with Gasteiger partial charge in [0.2, 0.25) is 0 Å². The summed E-state index contributed by atoms with van der Waals surface area (Å²) in [6, 6.07) is 9.07. The quantitative estimate of drug-likeness (QED) is 0.365. The van der Waals surface area contributed by atoms with Crippen LogP contribution >= 0.6 is 0 Å². The van der Waals surface area contributed by atoms with Crippen LogP contribution in [0.5, 0.6) is 11.5 Å². The number of halogens is 2. The minimum absolute atomic E-state index is 0.0176. The summed E-state index contributed by atoms with van der Waals surface area (Å²) in [5.41, 5.74) is 3.56. The Morgan fingerprint density at radius 1 is 1.19 bits per heavy atom. The fourth-order valence-electron chi connectivity index (χ4n) is 3.32. The van der Waals surface area contributed by atoms with Crippen LogP contribution in [0.2, 0.25) is 0 Å². The van der Waals surface area contributed by atoms with Crippen molar-refractivity contribution < 1.29 is 18.3 Å². The van der Waals surface area contributed by atoms with Crippen LogP contribution in [0.1, 0.15) is 30.7 Å². The van der Waals surface area contributed by atoms with Crippen molar-refractivity contribution in [3.05, 3.63) is 59.5 Å². The number of aliphatic imine (C=N–C) groups is 1. The van der Waals surface area contributed by atoms with Gasteiger partial charge in [0.25, 0.3) is 0 Å². The van der Waals surface area contributed by atoms with Crippen molar-refractivity contribution in [2.24, 2.45) is 4.99 Å². The van der Waals surface area contributed by atoms with Crippen LogP contribution in [0.15, 0.2) is 47.7 Å². The molecule has 0 radical (unpaired) electrons. The second kappa shape index (κ2) is 11.3. The van der Waals surface area contributed by atoms with Gasteiger partial charge in [0.1, 0.15) is 5.65 Å². The Bertz CT molecular complexity index is 1050. The van der Waals surface area contributed by atoms with Crippen molar-refractivity contribution in [3.8, 4) is 11.5 Å². The molecule has 2 N–H and O–H groups in total. The molecule has 0 saturated heterocycles. The van der Waals surface area contributed by atoms with E-state index in [-0.39, 0.29) is 18.0 Å². The SMILES string of the molecule is CCNC(=NCc1cccc(OCC)c1OC(F)F)NCCc1cn2cccc(C)c2n1. The number of hydrogen-bond donors (Lipinski definition) is 2. The molecular weight excluding hydrogens is 416 g/mol. The van der Waals surface area contributed by atoms with Gasteiger partial charge in [0, 0.05) is 37.5 Å². The Labute approximate surface area is 186 Å². The number of rotatable bonds is 10. The summed E-state index contributed by atoms with van der Waals surface area (Å²) in [6.45, 7) is 4.63. The van der Waals surface area contributed by atoms with Crippen molar-refractivity contribution in [2.45, 2.75) is 40.3 Å². The van der Waals surface area contributed by atoms with Gasteiger partial charge in [-0.1, -0.05) is 18.2 Å². The lowest BCUT2D eigenvalue weighted by atomic mass is 10.2. The van der Waals surface area contributed by atoms with Gasteiger partial charge in [-0.25, -0.2) is 9.98 Å². The number of benzene rings is 1. The van der Waals surface area contributed by atoms with E-state index in [1.165, 1.54) is 0 Å². The number of aryl methyl sites for hydroxylation is 1. The molecule has 0 fully saturated rings. The minimum Gasteiger partial charge on any atom is -0.490 e. The molecule has 0 atom stereocenters. The minimum atomic E-state index is -2.94. The number of hydrogen-bond acceptors (Lipinski definition) is 4. The van der Waals surface area contributed by atoms with E-state index in [1.807, 2.05) is 42.8 Å². The van der Waals surface area contributed by atoms with E-state index in [0.717, 1.165) is 16.9 Å². The average molecular weight is 446 g/mol. The molecule has 3 aromatic rings. The first-order chi connectivity index (χ1) is 15.5. The van der Waals surface area contributed by atoms with Crippen molar-refractivity contribution in [1.29, 1.82) is 0 Å². The molecule has 9 heteroatoms. The summed E-state index contributed by atoms with van der Waals surface area (Å²) in [5, 5.41) is 6.44. The van der Waals surface area contributed by atoms with Crippen LogP contribution in [0.4, 0.5) is 8.78 Å². The molecule has 2 aromatic heterocycles. The van der Waals surface area contributed by atoms with Gasteiger partial charge in [-0.05, 0) is 38.5 Å². The van der Waals surface area contributed by atoms with Crippen LogP contribution in [0, 0.1) is 6.92 Å². The number of imidazole rings is 1. The Morgan fingerprint density at radius 3 is 2.75 bits per heavy atom. The predicted octanol–water partition coefficient (Wildman–Crippen LogP) is 3.94. The van der Waals surface area contributed by atoms with Gasteiger partial charge >= 0.3 is 6.61 Å². The van der Waals surface area contributed by atoms with E-state index in [2.05, 4.69) is 20.6 Å². The summed E-state index contributed by atoms with van der Waals surface area (Å²) in [7, 11) is 0. The molecule has 0 aliphatic carbocycles. The number of guanidine groups is 1. The molecule has 0 amide bonds. The normalized spacial score (nSPS) is 11.8. The van der Waals surface area contributed by atoms with Gasteiger partial charge in [0.15, 0.2) is 17.5 Å². The Morgan fingerprint density at radius 2 is 2.03 bits per heavy atom. The molecule has 1 aromatic carbocycles. The summed E-state index contributed by atoms with van der Waals surface area (Å²) >= 11 is 0. The average Bonchev–Trinajstić information content (AvgIpc) is 3.18. The summed E-state index contributed by atoms with van der Waals surface area (Å²) < 4.78 is 38.0. The highest BCUT2D eigenvalue weighted by molar-refractivity contribution is 5.79. The number of ether oxygens (including phenoxy) is 2. The zero-order valence-corrected chi connectivity index (χ0v) is 18.6. The fraction of sp³-hybridized carbons (Fsp3) is 0.391. The number of para-hydroxylation sites is 1. The number of nitrogens with one attached hydrogen (secondary N) is 2. The molecule has 2 heterocycles. The maximum Gasteiger partial charge on any atom is 0.387 e. The van der Waals surface area contributed by atoms with Gasteiger partial charge < -0.3 is 24.5 Å². The lowest BCUT2D eigenvalue weighted by Gasteiger charge is -2.15. The van der Waals surface area contributed by atoms with E-state index in [1.54, 1.807) is 25.1 Å². The Hall–Kier alpha value is -3.36. The largest absolute Gasteiger partial charge is 0.490 e. The topological polar surface area (TPSA) is 72.2 Å². The number of aromatic nitrogens is 2. The van der Waals surface area contributed by atoms with Crippen LogP contribution in [-0.2, 0) is 13.0 Å². The van der Waals surface area contributed by atoms with Crippen molar-refractivity contribution in [3.63, 3.8) is 0 Å². The maximum absolute atomic E-state index is 12.9. The lowest BCUT2D eigenvalue weighted by molar-refractivity contribution is -0.0520. The first-order valence-electron chi connectivity index (χ1n) is 10.7. The molecule has 0 spiro atoms. The molecule has 0 saturated carbocycles. The maximum atomic E-state index is 12.9. The highest BCUT2D eigenvalue weighted by atomic mass is 19.3. The van der Waals surface area contributed by atoms with E-state index >= 15 is 0 Å². The van der Waals surface area contributed by atoms with Gasteiger partial charge in [-0.3, -0.25) is 0 Å². The van der Waals surface area contributed by atoms with Gasteiger partial charge in [0.05, 0.1) is 18.8 Å². The highest BCUT2D eigenvalue weighted by Gasteiger charge is 2.15. The predicted molar refractivity (Wildman–Crippen MR) is 121 cm³/mol. The molecule has 0 aliphatic rings. The molecule has 0 aliphatic heterocycles. The van der Waals surface area contributed by atoms with Crippen LogP contribution in [-0.4, -0.2) is 41.7 Å². The lowest BCUT2D eigenvalue weighted by Crippen LogP contribution is -2.38. The number of alkyl halides is 2. The first-order valence-corrected chi connectivity index (χ1v) is 10.7. The highest BCUT2D eigenvalue weighted by Crippen LogP contribution is 2.33. The molecular formula is C23H29F2N5O2. The smallest absolute Gasteiger partial charge is 0.387 e. The number of pyridine rings is 1.